The lowest BCUT2D eigenvalue weighted by molar-refractivity contribution is 0.640. The van der Waals surface area contributed by atoms with Crippen LogP contribution in [0.5, 0.6) is 0 Å². The fourth-order valence-corrected chi connectivity index (χ4v) is 3.97. The zero-order valence-corrected chi connectivity index (χ0v) is 13.6. The minimum atomic E-state index is -0.277. The van der Waals surface area contributed by atoms with Gasteiger partial charge in [0.15, 0.2) is 0 Å². The molecule has 0 spiro atoms. The lowest BCUT2D eigenvalue weighted by atomic mass is 9.91. The SMILES string of the molecule is Cc1cc2ccc3ccc4cccc(F)c4c3c2c2c(F)cccc12. The molecule has 0 aliphatic carbocycles. The fraction of sp³-hybridized carbons (Fsp3) is 0.0435. The monoisotopic (exact) mass is 328 g/mol. The van der Waals surface area contributed by atoms with Crippen LogP contribution in [0, 0.1) is 18.6 Å². The molecule has 0 aliphatic heterocycles. The van der Waals surface area contributed by atoms with Gasteiger partial charge in [0, 0.05) is 21.5 Å². The number of aryl methyl sites for hydroxylation is 1. The van der Waals surface area contributed by atoms with E-state index in [0.717, 1.165) is 37.9 Å². The van der Waals surface area contributed by atoms with Crippen molar-refractivity contribution in [2.24, 2.45) is 0 Å². The maximum absolute atomic E-state index is 14.8. The summed E-state index contributed by atoms with van der Waals surface area (Å²) in [6.07, 6.45) is 0. The van der Waals surface area contributed by atoms with Gasteiger partial charge >= 0.3 is 0 Å². The molecule has 0 radical (unpaired) electrons. The van der Waals surface area contributed by atoms with Crippen molar-refractivity contribution in [2.45, 2.75) is 6.92 Å². The molecule has 120 valence electrons. The van der Waals surface area contributed by atoms with E-state index < -0.39 is 0 Å². The van der Waals surface area contributed by atoms with E-state index in [0.29, 0.717) is 10.8 Å². The van der Waals surface area contributed by atoms with Gasteiger partial charge in [-0.15, -0.1) is 0 Å². The summed E-state index contributed by atoms with van der Waals surface area (Å²) in [6, 6.07) is 20.1. The highest BCUT2D eigenvalue weighted by Gasteiger charge is 2.14. The molecular formula is C23H14F2. The number of fused-ring (bicyclic) bond motifs is 7. The van der Waals surface area contributed by atoms with Crippen molar-refractivity contribution in [1.82, 2.24) is 0 Å². The standard InChI is InChI=1S/C23H14F2/c1-13-12-16-11-10-15-9-8-14-4-2-6-18(24)20(14)21(15)22(16)23-17(13)5-3-7-19(23)25/h2-12H,1H3. The van der Waals surface area contributed by atoms with Gasteiger partial charge in [0.2, 0.25) is 0 Å². The van der Waals surface area contributed by atoms with Crippen molar-refractivity contribution in [3.63, 3.8) is 0 Å². The largest absolute Gasteiger partial charge is 0.206 e. The highest BCUT2D eigenvalue weighted by atomic mass is 19.1. The van der Waals surface area contributed by atoms with E-state index in [2.05, 4.69) is 6.07 Å². The van der Waals surface area contributed by atoms with Gasteiger partial charge in [0.1, 0.15) is 11.6 Å². The molecule has 0 fully saturated rings. The van der Waals surface area contributed by atoms with Crippen molar-refractivity contribution in [2.75, 3.05) is 0 Å². The van der Waals surface area contributed by atoms with Crippen molar-refractivity contribution in [3.05, 3.63) is 83.9 Å². The second-order valence-electron chi connectivity index (χ2n) is 6.52. The molecule has 2 heteroatoms. The lowest BCUT2D eigenvalue weighted by Crippen LogP contribution is -1.90. The first-order chi connectivity index (χ1) is 12.1. The number of hydrogen-bond donors (Lipinski definition) is 0. The molecule has 0 nitrogen and oxygen atoms in total. The van der Waals surface area contributed by atoms with Crippen LogP contribution in [-0.4, -0.2) is 0 Å². The van der Waals surface area contributed by atoms with Gasteiger partial charge in [-0.25, -0.2) is 8.78 Å². The smallest absolute Gasteiger partial charge is 0.131 e. The van der Waals surface area contributed by atoms with Gasteiger partial charge in [-0.3, -0.25) is 0 Å². The van der Waals surface area contributed by atoms with E-state index in [1.807, 2.05) is 43.3 Å². The highest BCUT2D eigenvalue weighted by Crippen LogP contribution is 2.39. The molecule has 0 saturated heterocycles. The van der Waals surface area contributed by atoms with Gasteiger partial charge in [0.25, 0.3) is 0 Å². The molecule has 5 rings (SSSR count). The summed E-state index contributed by atoms with van der Waals surface area (Å²) in [5.74, 6) is -0.548. The summed E-state index contributed by atoms with van der Waals surface area (Å²) < 4.78 is 29.6. The Labute approximate surface area is 143 Å². The average molecular weight is 328 g/mol. The summed E-state index contributed by atoms with van der Waals surface area (Å²) >= 11 is 0. The first-order valence-electron chi connectivity index (χ1n) is 8.26. The minimum Gasteiger partial charge on any atom is -0.206 e. The topological polar surface area (TPSA) is 0 Å². The van der Waals surface area contributed by atoms with E-state index in [4.69, 9.17) is 0 Å². The van der Waals surface area contributed by atoms with Gasteiger partial charge in [-0.2, -0.15) is 0 Å². The van der Waals surface area contributed by atoms with Crippen LogP contribution in [0.1, 0.15) is 5.56 Å². The van der Waals surface area contributed by atoms with Crippen molar-refractivity contribution in [3.8, 4) is 0 Å². The second-order valence-corrected chi connectivity index (χ2v) is 6.52. The maximum atomic E-state index is 14.8. The Morgan fingerprint density at radius 1 is 0.560 bits per heavy atom. The summed E-state index contributed by atoms with van der Waals surface area (Å²) in [6.45, 7) is 1.98. The Balaban J connectivity index is 2.23. The zero-order chi connectivity index (χ0) is 17.1. The predicted octanol–water partition coefficient (Wildman–Crippen LogP) is 6.89. The third-order valence-electron chi connectivity index (χ3n) is 5.07. The van der Waals surface area contributed by atoms with Gasteiger partial charge in [-0.05, 0) is 46.2 Å². The van der Waals surface area contributed by atoms with Crippen LogP contribution in [0.15, 0.2) is 66.7 Å². The van der Waals surface area contributed by atoms with Crippen LogP contribution >= 0.6 is 0 Å². The fourth-order valence-electron chi connectivity index (χ4n) is 3.97. The van der Waals surface area contributed by atoms with Gasteiger partial charge in [0.05, 0.1) is 0 Å². The first kappa shape index (κ1) is 14.4. The molecule has 0 unspecified atom stereocenters. The molecule has 0 N–H and O–H groups in total. The van der Waals surface area contributed by atoms with Crippen molar-refractivity contribution < 1.29 is 8.78 Å². The molecule has 25 heavy (non-hydrogen) atoms. The lowest BCUT2D eigenvalue weighted by Gasteiger charge is -2.13. The Morgan fingerprint density at radius 2 is 1.12 bits per heavy atom. The van der Waals surface area contributed by atoms with E-state index >= 15 is 0 Å². The van der Waals surface area contributed by atoms with E-state index in [9.17, 15) is 8.78 Å². The van der Waals surface area contributed by atoms with E-state index in [1.54, 1.807) is 12.1 Å². The third kappa shape index (κ3) is 1.91. The molecule has 0 aromatic heterocycles. The molecule has 0 bridgehead atoms. The van der Waals surface area contributed by atoms with E-state index in [1.165, 1.54) is 12.1 Å². The van der Waals surface area contributed by atoms with Crippen LogP contribution in [0.3, 0.4) is 0 Å². The molecule has 0 amide bonds. The van der Waals surface area contributed by atoms with Crippen molar-refractivity contribution in [1.29, 1.82) is 0 Å². The number of benzene rings is 5. The Kier molecular flexibility index (Phi) is 2.87. The highest BCUT2D eigenvalue weighted by molar-refractivity contribution is 6.28. The Hall–Kier alpha value is -3.00. The Bertz CT molecular complexity index is 1320. The molecule has 0 heterocycles. The maximum Gasteiger partial charge on any atom is 0.131 e. The minimum absolute atomic E-state index is 0.271. The second kappa shape index (κ2) is 5.00. The summed E-state index contributed by atoms with van der Waals surface area (Å²) in [5, 5.41) is 6.23. The van der Waals surface area contributed by atoms with Crippen molar-refractivity contribution >= 4 is 43.1 Å². The summed E-state index contributed by atoms with van der Waals surface area (Å²) in [5.41, 5.74) is 1.02. The third-order valence-corrected chi connectivity index (χ3v) is 5.07. The van der Waals surface area contributed by atoms with Crippen LogP contribution < -0.4 is 0 Å². The van der Waals surface area contributed by atoms with E-state index in [-0.39, 0.29) is 11.6 Å². The zero-order valence-electron chi connectivity index (χ0n) is 13.6. The molecular weight excluding hydrogens is 314 g/mol. The Morgan fingerprint density at radius 3 is 1.88 bits per heavy atom. The molecule has 0 aliphatic rings. The predicted molar refractivity (Wildman–Crippen MR) is 101 cm³/mol. The number of rotatable bonds is 0. The molecule has 5 aromatic rings. The van der Waals surface area contributed by atoms with Crippen LogP contribution in [0.25, 0.3) is 43.1 Å². The number of halogens is 2. The van der Waals surface area contributed by atoms with Crippen LogP contribution in [-0.2, 0) is 0 Å². The molecule has 5 aromatic carbocycles. The molecule has 0 saturated carbocycles. The number of hydrogen-bond acceptors (Lipinski definition) is 0. The van der Waals surface area contributed by atoms with Gasteiger partial charge < -0.3 is 0 Å². The van der Waals surface area contributed by atoms with Crippen LogP contribution in [0.4, 0.5) is 8.78 Å². The quantitative estimate of drug-likeness (QED) is 0.272. The average Bonchev–Trinajstić information content (AvgIpc) is 2.61. The van der Waals surface area contributed by atoms with Crippen LogP contribution in [0.2, 0.25) is 0 Å². The first-order valence-corrected chi connectivity index (χ1v) is 8.26. The normalized spacial score (nSPS) is 11.8. The summed E-state index contributed by atoms with van der Waals surface area (Å²) in [7, 11) is 0. The molecule has 0 atom stereocenters. The van der Waals surface area contributed by atoms with Gasteiger partial charge in [-0.1, -0.05) is 54.6 Å². The summed E-state index contributed by atoms with van der Waals surface area (Å²) in [4.78, 5) is 0.